The minimum atomic E-state index is -0.202. The second kappa shape index (κ2) is 4.72. The molecule has 15 heavy (non-hydrogen) atoms. The summed E-state index contributed by atoms with van der Waals surface area (Å²) in [5.74, 6) is -0.202. The molecule has 1 aromatic heterocycles. The molecule has 1 aromatic rings. The van der Waals surface area contributed by atoms with E-state index in [4.69, 9.17) is 5.73 Å². The van der Waals surface area contributed by atoms with Gasteiger partial charge in [0.15, 0.2) is 0 Å². The zero-order valence-corrected chi connectivity index (χ0v) is 8.75. The molecule has 0 unspecified atom stereocenters. The Bertz CT molecular complexity index is 317. The van der Waals surface area contributed by atoms with E-state index in [-0.39, 0.29) is 12.0 Å². The highest BCUT2D eigenvalue weighted by molar-refractivity contribution is 5.08. The average molecular weight is 212 g/mol. The monoisotopic (exact) mass is 212 g/mol. The van der Waals surface area contributed by atoms with Crippen LogP contribution >= 0.6 is 0 Å². The number of rotatable bonds is 3. The number of hydrogen-bond acceptors (Lipinski definition) is 3. The largest absolute Gasteiger partial charge is 0.330 e. The van der Waals surface area contributed by atoms with Gasteiger partial charge in [-0.25, -0.2) is 4.68 Å². The van der Waals surface area contributed by atoms with Gasteiger partial charge in [-0.2, -0.15) is 9.49 Å². The van der Waals surface area contributed by atoms with E-state index in [9.17, 15) is 4.39 Å². The molecule has 0 radical (unpaired) electrons. The number of piperidine rings is 1. The van der Waals surface area contributed by atoms with Crippen LogP contribution in [0, 0.1) is 5.95 Å². The summed E-state index contributed by atoms with van der Waals surface area (Å²) in [6.45, 7) is 2.35. The first-order valence-electron chi connectivity index (χ1n) is 5.45. The molecule has 1 fully saturated rings. The lowest BCUT2D eigenvalue weighted by Crippen LogP contribution is -2.30. The number of hydrogen-bond donors (Lipinski definition) is 2. The Morgan fingerprint density at radius 3 is 2.93 bits per heavy atom. The highest BCUT2D eigenvalue weighted by Gasteiger charge is 2.20. The highest BCUT2D eigenvalue weighted by Crippen LogP contribution is 2.20. The predicted octanol–water partition coefficient (Wildman–Crippen LogP) is 0.448. The van der Waals surface area contributed by atoms with Crippen LogP contribution < -0.4 is 11.1 Å². The van der Waals surface area contributed by atoms with Gasteiger partial charge in [-0.05, 0) is 38.9 Å². The predicted molar refractivity (Wildman–Crippen MR) is 56.1 cm³/mol. The van der Waals surface area contributed by atoms with Crippen molar-refractivity contribution in [2.24, 2.45) is 5.73 Å². The molecule has 84 valence electrons. The molecule has 0 spiro atoms. The van der Waals surface area contributed by atoms with Crippen LogP contribution in [0.2, 0.25) is 0 Å². The molecule has 0 aromatic carbocycles. The second-order valence-electron chi connectivity index (χ2n) is 3.93. The van der Waals surface area contributed by atoms with Gasteiger partial charge in [0.05, 0.1) is 12.2 Å². The van der Waals surface area contributed by atoms with E-state index in [1.54, 1.807) is 6.20 Å². The number of aromatic nitrogens is 2. The molecule has 1 aliphatic heterocycles. The molecule has 0 atom stereocenters. The molecule has 3 N–H and O–H groups in total. The van der Waals surface area contributed by atoms with Crippen LogP contribution in [0.3, 0.4) is 0 Å². The third-order valence-electron chi connectivity index (χ3n) is 2.87. The average Bonchev–Trinajstić information content (AvgIpc) is 2.63. The van der Waals surface area contributed by atoms with Crippen molar-refractivity contribution in [2.75, 3.05) is 19.6 Å². The van der Waals surface area contributed by atoms with Gasteiger partial charge in [-0.3, -0.25) is 0 Å². The third-order valence-corrected chi connectivity index (χ3v) is 2.87. The molecule has 4 nitrogen and oxygen atoms in total. The summed E-state index contributed by atoms with van der Waals surface area (Å²) in [5, 5.41) is 7.37. The Labute approximate surface area is 88.6 Å². The summed E-state index contributed by atoms with van der Waals surface area (Å²) < 4.78 is 15.3. The first-order valence-corrected chi connectivity index (χ1v) is 5.45. The normalized spacial score (nSPS) is 18.3. The lowest BCUT2D eigenvalue weighted by Gasteiger charge is -2.23. The van der Waals surface area contributed by atoms with Gasteiger partial charge in [-0.15, -0.1) is 0 Å². The van der Waals surface area contributed by atoms with E-state index in [0.717, 1.165) is 25.9 Å². The second-order valence-corrected chi connectivity index (χ2v) is 3.93. The SMILES string of the molecule is NCCc1cnn(C2CCNCC2)c1F. The first-order chi connectivity index (χ1) is 7.33. The standard InChI is InChI=1S/C10H17FN4/c11-10-8(1-4-12)7-14-15(10)9-2-5-13-6-3-9/h7,9,13H,1-6,12H2. The van der Waals surface area contributed by atoms with E-state index in [2.05, 4.69) is 10.4 Å². The van der Waals surface area contributed by atoms with Gasteiger partial charge in [-0.1, -0.05) is 0 Å². The molecule has 1 aliphatic rings. The summed E-state index contributed by atoms with van der Waals surface area (Å²) in [6.07, 6.45) is 4.06. The van der Waals surface area contributed by atoms with Gasteiger partial charge in [0.1, 0.15) is 0 Å². The van der Waals surface area contributed by atoms with Crippen LogP contribution in [-0.2, 0) is 6.42 Å². The van der Waals surface area contributed by atoms with Crippen LogP contribution in [0.25, 0.3) is 0 Å². The van der Waals surface area contributed by atoms with Crippen molar-refractivity contribution < 1.29 is 4.39 Å². The van der Waals surface area contributed by atoms with Gasteiger partial charge < -0.3 is 11.1 Å². The fourth-order valence-electron chi connectivity index (χ4n) is 2.01. The molecule has 0 amide bonds. The summed E-state index contributed by atoms with van der Waals surface area (Å²) in [5.41, 5.74) is 6.04. The molecule has 0 aliphatic carbocycles. The number of nitrogens with two attached hydrogens (primary N) is 1. The van der Waals surface area contributed by atoms with Crippen molar-refractivity contribution in [3.63, 3.8) is 0 Å². The van der Waals surface area contributed by atoms with E-state index >= 15 is 0 Å². The smallest absolute Gasteiger partial charge is 0.214 e. The Morgan fingerprint density at radius 1 is 1.53 bits per heavy atom. The van der Waals surface area contributed by atoms with E-state index in [1.165, 1.54) is 4.68 Å². The summed E-state index contributed by atoms with van der Waals surface area (Å²) >= 11 is 0. The number of nitrogens with zero attached hydrogens (tertiary/aromatic N) is 2. The lowest BCUT2D eigenvalue weighted by atomic mass is 10.1. The molecular weight excluding hydrogens is 195 g/mol. The van der Waals surface area contributed by atoms with Crippen molar-refractivity contribution in [2.45, 2.75) is 25.3 Å². The summed E-state index contributed by atoms with van der Waals surface area (Å²) in [4.78, 5) is 0. The maximum absolute atomic E-state index is 13.8. The minimum absolute atomic E-state index is 0.202. The maximum Gasteiger partial charge on any atom is 0.214 e. The maximum atomic E-state index is 13.8. The highest BCUT2D eigenvalue weighted by atomic mass is 19.1. The van der Waals surface area contributed by atoms with Crippen molar-refractivity contribution in [3.05, 3.63) is 17.7 Å². The lowest BCUT2D eigenvalue weighted by molar-refractivity contribution is 0.302. The Kier molecular flexibility index (Phi) is 3.33. The van der Waals surface area contributed by atoms with E-state index < -0.39 is 0 Å². The van der Waals surface area contributed by atoms with Crippen LogP contribution in [0.1, 0.15) is 24.4 Å². The molecule has 0 bridgehead atoms. The Morgan fingerprint density at radius 2 is 2.27 bits per heavy atom. The molecule has 2 heterocycles. The molecular formula is C10H17FN4. The molecule has 0 saturated carbocycles. The van der Waals surface area contributed by atoms with Crippen LogP contribution in [0.5, 0.6) is 0 Å². The van der Waals surface area contributed by atoms with Crippen molar-refractivity contribution >= 4 is 0 Å². The van der Waals surface area contributed by atoms with Crippen LogP contribution in [-0.4, -0.2) is 29.4 Å². The van der Waals surface area contributed by atoms with Crippen LogP contribution in [0.4, 0.5) is 4.39 Å². The fraction of sp³-hybridized carbons (Fsp3) is 0.700. The van der Waals surface area contributed by atoms with Gasteiger partial charge in [0.2, 0.25) is 5.95 Å². The molecule has 5 heteroatoms. The Hall–Kier alpha value is -0.940. The minimum Gasteiger partial charge on any atom is -0.330 e. The van der Waals surface area contributed by atoms with E-state index in [0.29, 0.717) is 18.5 Å². The first kappa shape index (κ1) is 10.6. The zero-order valence-electron chi connectivity index (χ0n) is 8.75. The topological polar surface area (TPSA) is 55.9 Å². The quantitative estimate of drug-likeness (QED) is 0.764. The van der Waals surface area contributed by atoms with Crippen molar-refractivity contribution in [1.29, 1.82) is 0 Å². The zero-order chi connectivity index (χ0) is 10.7. The molecule has 1 saturated heterocycles. The van der Waals surface area contributed by atoms with Gasteiger partial charge >= 0.3 is 0 Å². The van der Waals surface area contributed by atoms with Crippen molar-refractivity contribution in [1.82, 2.24) is 15.1 Å². The van der Waals surface area contributed by atoms with E-state index in [1.807, 2.05) is 0 Å². The number of nitrogens with one attached hydrogen (secondary N) is 1. The summed E-state index contributed by atoms with van der Waals surface area (Å²) in [6, 6.07) is 0.206. The number of halogens is 1. The van der Waals surface area contributed by atoms with Crippen LogP contribution in [0.15, 0.2) is 6.20 Å². The summed E-state index contributed by atoms with van der Waals surface area (Å²) in [7, 11) is 0. The molecule has 2 rings (SSSR count). The van der Waals surface area contributed by atoms with Gasteiger partial charge in [0, 0.05) is 5.56 Å². The van der Waals surface area contributed by atoms with Gasteiger partial charge in [0.25, 0.3) is 0 Å². The van der Waals surface area contributed by atoms with Crippen molar-refractivity contribution in [3.8, 4) is 0 Å². The third kappa shape index (κ3) is 2.18. The fourth-order valence-corrected chi connectivity index (χ4v) is 2.01. The Balaban J connectivity index is 2.13.